The summed E-state index contributed by atoms with van der Waals surface area (Å²) in [6, 6.07) is 0. The van der Waals surface area contributed by atoms with E-state index >= 15 is 0 Å². The van der Waals surface area contributed by atoms with Gasteiger partial charge in [-0.25, -0.2) is 12.7 Å². The van der Waals surface area contributed by atoms with Crippen molar-refractivity contribution in [3.8, 4) is 0 Å². The maximum absolute atomic E-state index is 11.9. The Morgan fingerprint density at radius 1 is 0.593 bits per heavy atom. The second kappa shape index (κ2) is 13.9. The van der Waals surface area contributed by atoms with E-state index in [1.54, 1.807) is 25.1 Å². The van der Waals surface area contributed by atoms with Crippen LogP contribution in [0.5, 0.6) is 0 Å². The van der Waals surface area contributed by atoms with Crippen LogP contribution >= 0.6 is 0 Å². The van der Waals surface area contributed by atoms with Crippen molar-refractivity contribution in [2.45, 2.75) is 118 Å². The molecule has 0 atom stereocenters. The van der Waals surface area contributed by atoms with Gasteiger partial charge in [0.2, 0.25) is 10.0 Å². The van der Waals surface area contributed by atoms with Gasteiger partial charge >= 0.3 is 0 Å². The Hall–Kier alpha value is -0.130. The highest BCUT2D eigenvalue weighted by atomic mass is 32.2. The second-order valence-corrected chi connectivity index (χ2v) is 11.5. The Morgan fingerprint density at radius 3 is 1.19 bits per heavy atom. The molecule has 2 aliphatic rings. The molecule has 5 heteroatoms. The van der Waals surface area contributed by atoms with Crippen LogP contribution in [0.2, 0.25) is 0 Å². The third-order valence-electron chi connectivity index (χ3n) is 4.73. The predicted octanol–water partition coefficient (Wildman–Crippen LogP) is 5.92. The van der Waals surface area contributed by atoms with Gasteiger partial charge in [-0.1, -0.05) is 40.5 Å². The molecular weight excluding hydrogens is 356 g/mol. The van der Waals surface area contributed by atoms with E-state index < -0.39 is 14.8 Å². The van der Waals surface area contributed by atoms with Crippen LogP contribution in [0.15, 0.2) is 0 Å². The molecule has 0 radical (unpaired) electrons. The van der Waals surface area contributed by atoms with Crippen molar-refractivity contribution in [2.75, 3.05) is 26.2 Å². The van der Waals surface area contributed by atoms with Crippen molar-refractivity contribution in [3.05, 3.63) is 0 Å². The minimum absolute atomic E-state index is 0.403. The molecule has 2 aliphatic heterocycles. The van der Waals surface area contributed by atoms with Gasteiger partial charge in [-0.3, -0.25) is 4.90 Å². The van der Waals surface area contributed by atoms with Gasteiger partial charge in [0.15, 0.2) is 0 Å². The van der Waals surface area contributed by atoms with Crippen LogP contribution in [-0.4, -0.2) is 54.1 Å². The highest BCUT2D eigenvalue weighted by molar-refractivity contribution is 7.90. The van der Waals surface area contributed by atoms with Gasteiger partial charge in [-0.15, -0.1) is 0 Å². The lowest BCUT2D eigenvalue weighted by atomic mass is 10.0. The van der Waals surface area contributed by atoms with Gasteiger partial charge in [-0.2, -0.15) is 0 Å². The molecule has 0 N–H and O–H groups in total. The Kier molecular flexibility index (Phi) is 15.0. The maximum Gasteiger partial charge on any atom is 0.219 e. The van der Waals surface area contributed by atoms with E-state index in [-0.39, 0.29) is 0 Å². The fourth-order valence-electron chi connectivity index (χ4n) is 3.06. The normalized spacial score (nSPS) is 19.5. The Bertz CT molecular complexity index is 436. The standard InChI is InChI=1S/C9H19NO2S.C9H19N.2C2H6/c1-9(2,3)13(11,12)10-7-5-4-6-8-10;1-9(2,3)10-7-5-4-6-8-10;2*1-2/h4-8H2,1-3H3;4-8H2,1-3H3;2*1-2H3. The molecule has 0 aromatic rings. The number of piperidine rings is 2. The largest absolute Gasteiger partial charge is 0.298 e. The van der Waals surface area contributed by atoms with Crippen molar-refractivity contribution < 1.29 is 8.42 Å². The number of likely N-dealkylation sites (tertiary alicyclic amines) is 1. The lowest BCUT2D eigenvalue weighted by Gasteiger charge is -2.38. The zero-order valence-corrected chi connectivity index (χ0v) is 21.0. The molecule has 0 aromatic carbocycles. The molecule has 0 aromatic heterocycles. The van der Waals surface area contributed by atoms with Gasteiger partial charge < -0.3 is 0 Å². The predicted molar refractivity (Wildman–Crippen MR) is 122 cm³/mol. The van der Waals surface area contributed by atoms with Crippen molar-refractivity contribution in [1.82, 2.24) is 9.21 Å². The molecule has 2 saturated heterocycles. The summed E-state index contributed by atoms with van der Waals surface area (Å²) in [7, 11) is -3.07. The molecule has 0 bridgehead atoms. The monoisotopic (exact) mass is 406 g/mol. The quantitative estimate of drug-likeness (QED) is 0.542. The molecule has 0 aliphatic carbocycles. The summed E-state index contributed by atoms with van der Waals surface area (Å²) in [6.07, 6.45) is 7.42. The Labute approximate surface area is 172 Å². The maximum atomic E-state index is 11.9. The van der Waals surface area contributed by atoms with E-state index in [4.69, 9.17) is 0 Å². The summed E-state index contributed by atoms with van der Waals surface area (Å²) < 4.78 is 24.9. The average molecular weight is 407 g/mol. The van der Waals surface area contributed by atoms with Gasteiger partial charge in [-0.05, 0) is 80.3 Å². The van der Waals surface area contributed by atoms with Gasteiger partial charge in [0.1, 0.15) is 0 Å². The van der Waals surface area contributed by atoms with E-state index in [2.05, 4.69) is 25.7 Å². The van der Waals surface area contributed by atoms with Gasteiger partial charge in [0.25, 0.3) is 0 Å². The molecule has 0 saturated carbocycles. The van der Waals surface area contributed by atoms with Gasteiger partial charge in [0.05, 0.1) is 4.75 Å². The molecule has 0 unspecified atom stereocenters. The van der Waals surface area contributed by atoms with E-state index in [0.29, 0.717) is 18.6 Å². The molecule has 27 heavy (non-hydrogen) atoms. The fourth-order valence-corrected chi connectivity index (χ4v) is 4.57. The minimum atomic E-state index is -3.07. The van der Waals surface area contributed by atoms with Crippen LogP contribution in [-0.2, 0) is 10.0 Å². The highest BCUT2D eigenvalue weighted by Crippen LogP contribution is 2.23. The number of hydrogen-bond donors (Lipinski definition) is 0. The first-order chi connectivity index (χ1) is 12.5. The van der Waals surface area contributed by atoms with Crippen molar-refractivity contribution in [1.29, 1.82) is 0 Å². The highest BCUT2D eigenvalue weighted by Gasteiger charge is 2.35. The molecule has 166 valence electrons. The van der Waals surface area contributed by atoms with E-state index in [9.17, 15) is 8.42 Å². The number of rotatable bonds is 1. The van der Waals surface area contributed by atoms with Crippen molar-refractivity contribution in [3.63, 3.8) is 0 Å². The zero-order chi connectivity index (χ0) is 21.7. The minimum Gasteiger partial charge on any atom is -0.298 e. The smallest absolute Gasteiger partial charge is 0.219 e. The summed E-state index contributed by atoms with van der Waals surface area (Å²) in [5.41, 5.74) is 0.403. The van der Waals surface area contributed by atoms with Crippen LogP contribution < -0.4 is 0 Å². The average Bonchev–Trinajstić information content (AvgIpc) is 2.65. The third-order valence-corrected chi connectivity index (χ3v) is 7.33. The number of sulfonamides is 1. The number of hydrogen-bond acceptors (Lipinski definition) is 3. The molecular formula is C22H50N2O2S. The molecule has 2 fully saturated rings. The summed E-state index contributed by atoms with van der Waals surface area (Å²) in [6.45, 7) is 24.2. The van der Waals surface area contributed by atoms with E-state index in [1.165, 1.54) is 32.4 Å². The zero-order valence-electron chi connectivity index (χ0n) is 20.2. The van der Waals surface area contributed by atoms with Crippen LogP contribution in [0.1, 0.15) is 108 Å². The Balaban J connectivity index is 0. The second-order valence-electron chi connectivity index (χ2n) is 8.80. The van der Waals surface area contributed by atoms with Crippen LogP contribution in [0, 0.1) is 0 Å². The summed E-state index contributed by atoms with van der Waals surface area (Å²) in [5, 5.41) is 0. The lowest BCUT2D eigenvalue weighted by molar-refractivity contribution is 0.111. The van der Waals surface area contributed by atoms with E-state index in [0.717, 1.165) is 19.3 Å². The SMILES string of the molecule is CC.CC.CC(C)(C)N1CCCCC1.CC(C)(C)S(=O)(=O)N1CCCCC1. The molecule has 0 amide bonds. The summed E-state index contributed by atoms with van der Waals surface area (Å²) in [5.74, 6) is 0. The molecule has 2 heterocycles. The van der Waals surface area contributed by atoms with Gasteiger partial charge in [0, 0.05) is 18.6 Å². The van der Waals surface area contributed by atoms with Crippen molar-refractivity contribution in [2.24, 2.45) is 0 Å². The Morgan fingerprint density at radius 2 is 0.926 bits per heavy atom. The topological polar surface area (TPSA) is 40.6 Å². The fraction of sp³-hybridized carbons (Fsp3) is 1.00. The van der Waals surface area contributed by atoms with E-state index in [1.807, 2.05) is 27.7 Å². The lowest BCUT2D eigenvalue weighted by Crippen LogP contribution is -2.45. The first-order valence-corrected chi connectivity index (χ1v) is 12.6. The molecule has 4 nitrogen and oxygen atoms in total. The third kappa shape index (κ3) is 10.8. The first-order valence-electron chi connectivity index (χ1n) is 11.2. The van der Waals surface area contributed by atoms with Crippen molar-refractivity contribution >= 4 is 10.0 Å². The van der Waals surface area contributed by atoms with Crippen LogP contribution in [0.3, 0.4) is 0 Å². The van der Waals surface area contributed by atoms with Crippen LogP contribution in [0.25, 0.3) is 0 Å². The first kappa shape index (κ1) is 29.1. The summed E-state index contributed by atoms with van der Waals surface area (Å²) in [4.78, 5) is 2.58. The molecule has 0 spiro atoms. The van der Waals surface area contributed by atoms with Crippen LogP contribution in [0.4, 0.5) is 0 Å². The number of nitrogens with zero attached hydrogens (tertiary/aromatic N) is 2. The molecule has 2 rings (SSSR count). The summed E-state index contributed by atoms with van der Waals surface area (Å²) >= 11 is 0.